The molecule has 5 heteroatoms. The van der Waals surface area contributed by atoms with Crippen molar-refractivity contribution < 1.29 is 18.1 Å². The second-order valence-corrected chi connectivity index (χ2v) is 8.65. The van der Waals surface area contributed by atoms with Crippen LogP contribution in [0, 0.1) is 23.7 Å². The van der Waals surface area contributed by atoms with Crippen LogP contribution in [-0.2, 0) is 10.1 Å². The van der Waals surface area contributed by atoms with Crippen LogP contribution in [0.3, 0.4) is 0 Å². The Bertz CT molecular complexity index is 430. The van der Waals surface area contributed by atoms with E-state index in [1.165, 1.54) is 6.42 Å². The molecule has 0 aromatic rings. The van der Waals surface area contributed by atoms with Gasteiger partial charge in [-0.3, -0.25) is 4.55 Å². The molecule has 4 nitrogen and oxygen atoms in total. The van der Waals surface area contributed by atoms with Gasteiger partial charge in [-0.2, -0.15) is 8.42 Å². The summed E-state index contributed by atoms with van der Waals surface area (Å²) >= 11 is 0. The van der Waals surface area contributed by atoms with E-state index in [-0.39, 0.29) is 5.92 Å². The van der Waals surface area contributed by atoms with E-state index >= 15 is 0 Å². The van der Waals surface area contributed by atoms with E-state index in [9.17, 15) is 18.1 Å². The third-order valence-corrected chi connectivity index (χ3v) is 6.87. The molecule has 104 valence electrons. The topological polar surface area (TPSA) is 74.6 Å². The van der Waals surface area contributed by atoms with Crippen LogP contribution in [0.15, 0.2) is 0 Å². The van der Waals surface area contributed by atoms with Crippen LogP contribution in [-0.4, -0.2) is 28.9 Å². The minimum Gasteiger partial charge on any atom is -0.390 e. The van der Waals surface area contributed by atoms with E-state index in [1.807, 2.05) is 0 Å². The normalized spacial score (nSPS) is 49.1. The van der Waals surface area contributed by atoms with E-state index in [2.05, 4.69) is 0 Å². The zero-order valence-electron chi connectivity index (χ0n) is 10.7. The largest absolute Gasteiger partial charge is 0.390 e. The van der Waals surface area contributed by atoms with Crippen LogP contribution in [0.25, 0.3) is 0 Å². The summed E-state index contributed by atoms with van der Waals surface area (Å²) in [7, 11) is -4.06. The summed E-state index contributed by atoms with van der Waals surface area (Å²) in [4.78, 5) is 0. The molecule has 0 amide bonds. The Hall–Kier alpha value is -0.130. The van der Waals surface area contributed by atoms with Gasteiger partial charge in [-0.15, -0.1) is 0 Å². The standard InChI is InChI=1S/C13H22O4S/c1-8(18(15,16)17)12-5-9-2-10-4-11(3-9)7-13(12,14)6-10/h8-12,14H,2-7H2,1H3,(H,15,16,17)/t8-,9?,10-,11+,12+,13?/m1/s1. The van der Waals surface area contributed by atoms with E-state index in [1.54, 1.807) is 6.92 Å². The van der Waals surface area contributed by atoms with Gasteiger partial charge in [-0.05, 0) is 63.2 Å². The lowest BCUT2D eigenvalue weighted by Gasteiger charge is -2.45. The predicted octanol–water partition coefficient (Wildman–Crippen LogP) is 1.84. The first-order valence-corrected chi connectivity index (χ1v) is 8.47. The summed E-state index contributed by atoms with van der Waals surface area (Å²) in [6.07, 6.45) is 5.67. The van der Waals surface area contributed by atoms with Gasteiger partial charge in [-0.1, -0.05) is 0 Å². The van der Waals surface area contributed by atoms with Gasteiger partial charge in [0, 0.05) is 5.92 Å². The first-order chi connectivity index (χ1) is 8.28. The molecule has 4 saturated carbocycles. The fraction of sp³-hybridized carbons (Fsp3) is 1.00. The quantitative estimate of drug-likeness (QED) is 0.753. The van der Waals surface area contributed by atoms with Crippen molar-refractivity contribution in [3.05, 3.63) is 0 Å². The molecular formula is C13H22O4S. The predicted molar refractivity (Wildman–Crippen MR) is 67.6 cm³/mol. The molecule has 0 aromatic carbocycles. The molecule has 4 rings (SSSR count). The Labute approximate surface area is 109 Å². The molecule has 6 atom stereocenters. The molecule has 2 unspecified atom stereocenters. The number of fused-ring (bicyclic) bond motifs is 1. The van der Waals surface area contributed by atoms with Crippen molar-refractivity contribution in [3.8, 4) is 0 Å². The van der Waals surface area contributed by atoms with Crippen molar-refractivity contribution in [1.29, 1.82) is 0 Å². The van der Waals surface area contributed by atoms with Crippen molar-refractivity contribution in [1.82, 2.24) is 0 Å². The Kier molecular flexibility index (Phi) is 2.81. The number of hydrogen-bond acceptors (Lipinski definition) is 3. The Morgan fingerprint density at radius 1 is 1.06 bits per heavy atom. The minimum atomic E-state index is -4.06. The zero-order chi connectivity index (χ0) is 13.1. The maximum absolute atomic E-state index is 11.4. The fourth-order valence-corrected chi connectivity index (χ4v) is 5.81. The molecule has 0 radical (unpaired) electrons. The fourth-order valence-electron chi connectivity index (χ4n) is 5.03. The molecule has 0 aliphatic heterocycles. The maximum atomic E-state index is 11.4. The van der Waals surface area contributed by atoms with Gasteiger partial charge in [0.25, 0.3) is 10.1 Å². The van der Waals surface area contributed by atoms with Crippen LogP contribution in [0.2, 0.25) is 0 Å². The summed E-state index contributed by atoms with van der Waals surface area (Å²) in [6.45, 7) is 1.55. The average molecular weight is 274 g/mol. The Balaban J connectivity index is 1.96. The van der Waals surface area contributed by atoms with Crippen LogP contribution in [0.4, 0.5) is 0 Å². The average Bonchev–Trinajstić information content (AvgIpc) is 2.36. The van der Waals surface area contributed by atoms with Gasteiger partial charge < -0.3 is 5.11 Å². The van der Waals surface area contributed by atoms with Gasteiger partial charge in [-0.25, -0.2) is 0 Å². The highest BCUT2D eigenvalue weighted by atomic mass is 32.2. The second-order valence-electron chi connectivity index (χ2n) is 6.88. The molecule has 0 saturated heterocycles. The van der Waals surface area contributed by atoms with Crippen molar-refractivity contribution in [2.75, 3.05) is 0 Å². The highest BCUT2D eigenvalue weighted by Crippen LogP contribution is 2.56. The highest BCUT2D eigenvalue weighted by molar-refractivity contribution is 7.86. The molecule has 0 heterocycles. The van der Waals surface area contributed by atoms with Crippen molar-refractivity contribution in [2.45, 2.75) is 56.3 Å². The number of hydrogen-bond donors (Lipinski definition) is 2. The van der Waals surface area contributed by atoms with E-state index in [0.717, 1.165) is 32.1 Å². The number of rotatable bonds is 2. The third kappa shape index (κ3) is 2.00. The maximum Gasteiger partial charge on any atom is 0.267 e. The number of aliphatic hydroxyl groups is 1. The van der Waals surface area contributed by atoms with E-state index in [4.69, 9.17) is 0 Å². The summed E-state index contributed by atoms with van der Waals surface area (Å²) in [6, 6.07) is 0. The van der Waals surface area contributed by atoms with Gasteiger partial charge in [0.05, 0.1) is 10.9 Å². The summed E-state index contributed by atoms with van der Waals surface area (Å²) in [5, 5.41) is 10.1. The lowest BCUT2D eigenvalue weighted by molar-refractivity contribution is -0.0743. The summed E-state index contributed by atoms with van der Waals surface area (Å²) in [5.74, 6) is 1.37. The molecule has 4 fully saturated rings. The summed E-state index contributed by atoms with van der Waals surface area (Å²) in [5.41, 5.74) is -0.867. The van der Waals surface area contributed by atoms with Gasteiger partial charge in [0.1, 0.15) is 0 Å². The van der Waals surface area contributed by atoms with Crippen LogP contribution < -0.4 is 0 Å². The van der Waals surface area contributed by atoms with E-state index in [0.29, 0.717) is 17.8 Å². The van der Waals surface area contributed by atoms with Gasteiger partial charge in [0.2, 0.25) is 0 Å². The van der Waals surface area contributed by atoms with Crippen LogP contribution in [0.5, 0.6) is 0 Å². The molecular weight excluding hydrogens is 252 g/mol. The molecule has 0 spiro atoms. The van der Waals surface area contributed by atoms with Crippen LogP contribution >= 0.6 is 0 Å². The molecule has 4 aliphatic carbocycles. The molecule has 0 aromatic heterocycles. The third-order valence-electron chi connectivity index (χ3n) is 5.60. The lowest BCUT2D eigenvalue weighted by Crippen LogP contribution is -2.48. The van der Waals surface area contributed by atoms with Crippen LogP contribution in [0.1, 0.15) is 45.4 Å². The monoisotopic (exact) mass is 274 g/mol. The molecule has 18 heavy (non-hydrogen) atoms. The van der Waals surface area contributed by atoms with Crippen molar-refractivity contribution in [3.63, 3.8) is 0 Å². The molecule has 4 aliphatic rings. The van der Waals surface area contributed by atoms with Gasteiger partial charge >= 0.3 is 0 Å². The van der Waals surface area contributed by atoms with E-state index < -0.39 is 21.0 Å². The first-order valence-electron chi connectivity index (χ1n) is 6.96. The van der Waals surface area contributed by atoms with Crippen molar-refractivity contribution in [2.24, 2.45) is 23.7 Å². The zero-order valence-corrected chi connectivity index (χ0v) is 11.6. The Morgan fingerprint density at radius 2 is 1.56 bits per heavy atom. The highest BCUT2D eigenvalue weighted by Gasteiger charge is 2.54. The second kappa shape index (κ2) is 3.93. The SMILES string of the molecule is C[C@H]([C@@H]1CC2C[C@@H]3C[C@H](C2)CC1(O)C3)S(=O)(=O)O. The molecule has 2 N–H and O–H groups in total. The van der Waals surface area contributed by atoms with Gasteiger partial charge in [0.15, 0.2) is 0 Å². The first kappa shape index (κ1) is 12.9. The molecule has 4 bridgehead atoms. The lowest BCUT2D eigenvalue weighted by atomic mass is 9.65. The Morgan fingerprint density at radius 3 is 2.06 bits per heavy atom. The minimum absolute atomic E-state index is 0.298. The van der Waals surface area contributed by atoms with Crippen molar-refractivity contribution >= 4 is 10.1 Å². The summed E-state index contributed by atoms with van der Waals surface area (Å²) < 4.78 is 32.1. The smallest absolute Gasteiger partial charge is 0.267 e.